The maximum absolute atomic E-state index is 13.5. The Labute approximate surface area is 126 Å². The third-order valence-electron chi connectivity index (χ3n) is 4.04. The number of halogens is 1. The van der Waals surface area contributed by atoms with Crippen LogP contribution >= 0.6 is 0 Å². The van der Waals surface area contributed by atoms with Gasteiger partial charge < -0.3 is 15.2 Å². The van der Waals surface area contributed by atoms with Gasteiger partial charge in [-0.05, 0) is 19.1 Å². The number of primary amides is 1. The molecule has 0 unspecified atom stereocenters. The van der Waals surface area contributed by atoms with Crippen molar-refractivity contribution in [1.29, 1.82) is 0 Å². The minimum atomic E-state index is -1.21. The fourth-order valence-electron chi connectivity index (χ4n) is 2.95. The maximum atomic E-state index is 13.5. The third kappa shape index (κ3) is 2.43. The zero-order valence-corrected chi connectivity index (χ0v) is 12.2. The van der Waals surface area contributed by atoms with Gasteiger partial charge in [-0.3, -0.25) is 9.59 Å². The number of carbonyl (C=O) groups is 2. The molecule has 116 valence electrons. The molecule has 2 heterocycles. The van der Waals surface area contributed by atoms with Gasteiger partial charge in [0.15, 0.2) is 0 Å². The average molecular weight is 304 g/mol. The van der Waals surface area contributed by atoms with E-state index in [2.05, 4.69) is 4.98 Å². The van der Waals surface area contributed by atoms with Crippen molar-refractivity contribution in [2.75, 3.05) is 6.54 Å². The summed E-state index contributed by atoms with van der Waals surface area (Å²) in [5.41, 5.74) is 6.89. The van der Waals surface area contributed by atoms with Crippen LogP contribution in [0.3, 0.4) is 0 Å². The molecule has 2 N–H and O–H groups in total. The van der Waals surface area contributed by atoms with Gasteiger partial charge in [0, 0.05) is 6.42 Å². The Balaban J connectivity index is 1.87. The van der Waals surface area contributed by atoms with Crippen molar-refractivity contribution < 1.29 is 14.0 Å². The van der Waals surface area contributed by atoms with Crippen LogP contribution in [0.2, 0.25) is 0 Å². The largest absolute Gasteiger partial charge is 0.368 e. The average Bonchev–Trinajstić information content (AvgIpc) is 3.00. The molecule has 0 spiro atoms. The van der Waals surface area contributed by atoms with Gasteiger partial charge in [0.2, 0.25) is 11.8 Å². The van der Waals surface area contributed by atoms with Gasteiger partial charge in [0.05, 0.1) is 17.6 Å². The highest BCUT2D eigenvalue weighted by molar-refractivity contribution is 5.88. The van der Waals surface area contributed by atoms with Crippen LogP contribution in [0.1, 0.15) is 12.2 Å². The fraction of sp³-hybridized carbons (Fsp3) is 0.400. The number of amides is 2. The van der Waals surface area contributed by atoms with Gasteiger partial charge in [-0.15, -0.1) is 0 Å². The molecule has 0 aliphatic carbocycles. The lowest BCUT2D eigenvalue weighted by Gasteiger charge is -2.22. The van der Waals surface area contributed by atoms with E-state index in [1.165, 1.54) is 4.90 Å². The Bertz CT molecular complexity index is 742. The number of alkyl halides is 1. The quantitative estimate of drug-likeness (QED) is 0.909. The smallest absolute Gasteiger partial charge is 0.243 e. The maximum Gasteiger partial charge on any atom is 0.243 e. The normalized spacial score (nSPS) is 21.5. The SMILES string of the molecule is Cc1nc2ccccc2n1CC(=O)N1C[C@H](F)C[C@H]1C(N)=O. The molecule has 1 aromatic carbocycles. The molecular formula is C15H17FN4O2. The lowest BCUT2D eigenvalue weighted by Crippen LogP contribution is -2.45. The molecule has 1 aromatic heterocycles. The van der Waals surface area contributed by atoms with E-state index in [4.69, 9.17) is 5.73 Å². The molecule has 1 saturated heterocycles. The summed E-state index contributed by atoms with van der Waals surface area (Å²) in [5.74, 6) is -0.294. The lowest BCUT2D eigenvalue weighted by molar-refractivity contribution is -0.137. The summed E-state index contributed by atoms with van der Waals surface area (Å²) in [7, 11) is 0. The van der Waals surface area contributed by atoms with E-state index >= 15 is 0 Å². The van der Waals surface area contributed by atoms with Gasteiger partial charge in [0.25, 0.3) is 0 Å². The second kappa shape index (κ2) is 5.40. The van der Waals surface area contributed by atoms with Gasteiger partial charge in [-0.1, -0.05) is 12.1 Å². The molecule has 2 aromatic rings. The van der Waals surface area contributed by atoms with Crippen LogP contribution < -0.4 is 5.73 Å². The summed E-state index contributed by atoms with van der Waals surface area (Å²) >= 11 is 0. The molecule has 0 radical (unpaired) electrons. The molecule has 2 atom stereocenters. The highest BCUT2D eigenvalue weighted by Gasteiger charge is 2.38. The minimum absolute atomic E-state index is 0.0167. The molecule has 0 bridgehead atoms. The van der Waals surface area contributed by atoms with E-state index < -0.39 is 18.1 Å². The van der Waals surface area contributed by atoms with E-state index in [9.17, 15) is 14.0 Å². The minimum Gasteiger partial charge on any atom is -0.368 e. The molecule has 6 nitrogen and oxygen atoms in total. The van der Waals surface area contributed by atoms with Crippen molar-refractivity contribution in [3.63, 3.8) is 0 Å². The number of nitrogens with two attached hydrogens (primary N) is 1. The van der Waals surface area contributed by atoms with Crippen molar-refractivity contribution in [1.82, 2.24) is 14.5 Å². The number of nitrogens with zero attached hydrogens (tertiary/aromatic N) is 3. The molecule has 2 amide bonds. The first-order valence-corrected chi connectivity index (χ1v) is 7.12. The monoisotopic (exact) mass is 304 g/mol. The van der Waals surface area contributed by atoms with Crippen LogP contribution in [0.4, 0.5) is 4.39 Å². The summed E-state index contributed by atoms with van der Waals surface area (Å²) in [4.78, 5) is 29.5. The summed E-state index contributed by atoms with van der Waals surface area (Å²) < 4.78 is 15.3. The number of aromatic nitrogens is 2. The van der Waals surface area contributed by atoms with Gasteiger partial charge >= 0.3 is 0 Å². The van der Waals surface area contributed by atoms with Crippen LogP contribution in [0.5, 0.6) is 0 Å². The van der Waals surface area contributed by atoms with E-state index in [0.717, 1.165) is 11.0 Å². The molecule has 0 saturated carbocycles. The first kappa shape index (κ1) is 14.5. The number of para-hydroxylation sites is 2. The fourth-order valence-corrected chi connectivity index (χ4v) is 2.95. The van der Waals surface area contributed by atoms with Gasteiger partial charge in [0.1, 0.15) is 24.6 Å². The zero-order chi connectivity index (χ0) is 15.9. The van der Waals surface area contributed by atoms with Crippen LogP contribution in [-0.2, 0) is 16.1 Å². The lowest BCUT2D eigenvalue weighted by atomic mass is 10.2. The van der Waals surface area contributed by atoms with Gasteiger partial charge in [-0.25, -0.2) is 9.37 Å². The molecule has 1 fully saturated rings. The van der Waals surface area contributed by atoms with E-state index in [-0.39, 0.29) is 25.4 Å². The number of likely N-dealkylation sites (tertiary alicyclic amines) is 1. The molecule has 1 aliphatic heterocycles. The number of carbonyl (C=O) groups excluding carboxylic acids is 2. The van der Waals surface area contributed by atoms with E-state index in [0.29, 0.717) is 5.82 Å². The predicted octanol–water partition coefficient (Wildman–Crippen LogP) is 0.769. The number of hydrogen-bond donors (Lipinski definition) is 1. The predicted molar refractivity (Wildman–Crippen MR) is 78.7 cm³/mol. The second-order valence-corrected chi connectivity index (χ2v) is 5.53. The Hall–Kier alpha value is -2.44. The zero-order valence-electron chi connectivity index (χ0n) is 12.2. The number of hydrogen-bond acceptors (Lipinski definition) is 3. The second-order valence-electron chi connectivity index (χ2n) is 5.53. The van der Waals surface area contributed by atoms with Gasteiger partial charge in [-0.2, -0.15) is 0 Å². The summed E-state index contributed by atoms with van der Waals surface area (Å²) in [5, 5.41) is 0. The number of rotatable bonds is 3. The standard InChI is InChI=1S/C15H17FN4O2/c1-9-18-11-4-2-3-5-12(11)19(9)8-14(21)20-7-10(16)6-13(20)15(17)22/h2-5,10,13H,6-8H2,1H3,(H2,17,22)/t10-,13+/m1/s1. The molecule has 3 rings (SSSR count). The Kier molecular flexibility index (Phi) is 3.56. The van der Waals surface area contributed by atoms with Crippen LogP contribution in [0, 0.1) is 6.92 Å². The summed E-state index contributed by atoms with van der Waals surface area (Å²) in [6, 6.07) is 6.61. The number of fused-ring (bicyclic) bond motifs is 1. The van der Waals surface area contributed by atoms with Crippen molar-refractivity contribution >= 4 is 22.8 Å². The van der Waals surface area contributed by atoms with Crippen LogP contribution in [0.15, 0.2) is 24.3 Å². The first-order valence-electron chi connectivity index (χ1n) is 7.12. The molecule has 7 heteroatoms. The summed E-state index contributed by atoms with van der Waals surface area (Å²) in [6.45, 7) is 1.74. The van der Waals surface area contributed by atoms with Crippen molar-refractivity contribution in [2.24, 2.45) is 5.73 Å². The van der Waals surface area contributed by atoms with E-state index in [1.807, 2.05) is 24.3 Å². The first-order chi connectivity index (χ1) is 10.5. The van der Waals surface area contributed by atoms with Crippen LogP contribution in [-0.4, -0.2) is 45.0 Å². The summed E-state index contributed by atoms with van der Waals surface area (Å²) in [6.07, 6.45) is -1.23. The van der Waals surface area contributed by atoms with Crippen molar-refractivity contribution in [2.45, 2.75) is 32.1 Å². The van der Waals surface area contributed by atoms with Crippen LogP contribution in [0.25, 0.3) is 11.0 Å². The Morgan fingerprint density at radius 3 is 2.86 bits per heavy atom. The highest BCUT2D eigenvalue weighted by atomic mass is 19.1. The number of imidazole rings is 1. The van der Waals surface area contributed by atoms with E-state index in [1.54, 1.807) is 11.5 Å². The molecule has 22 heavy (non-hydrogen) atoms. The molecular weight excluding hydrogens is 287 g/mol. The molecule has 1 aliphatic rings. The van der Waals surface area contributed by atoms with Crippen molar-refractivity contribution in [3.05, 3.63) is 30.1 Å². The number of benzene rings is 1. The number of aryl methyl sites for hydroxylation is 1. The third-order valence-corrected chi connectivity index (χ3v) is 4.04. The Morgan fingerprint density at radius 1 is 1.41 bits per heavy atom. The van der Waals surface area contributed by atoms with Crippen molar-refractivity contribution in [3.8, 4) is 0 Å². The topological polar surface area (TPSA) is 81.2 Å². The Morgan fingerprint density at radius 2 is 2.14 bits per heavy atom. The highest BCUT2D eigenvalue weighted by Crippen LogP contribution is 2.22.